The highest BCUT2D eigenvalue weighted by Crippen LogP contribution is 2.25. The Balaban J connectivity index is 3.37. The van der Waals surface area contributed by atoms with Crippen LogP contribution >= 0.6 is 0 Å². The minimum Gasteiger partial charge on any atom is -0.433 e. The van der Waals surface area contributed by atoms with Gasteiger partial charge in [-0.15, -0.1) is 0 Å². The lowest BCUT2D eigenvalue weighted by molar-refractivity contribution is -0.0502. The van der Waals surface area contributed by atoms with Crippen LogP contribution in [-0.4, -0.2) is 12.4 Å². The van der Waals surface area contributed by atoms with Gasteiger partial charge in [-0.05, 0) is 13.0 Å². The van der Waals surface area contributed by atoms with Gasteiger partial charge in [-0.1, -0.05) is 0 Å². The van der Waals surface area contributed by atoms with Crippen molar-refractivity contribution < 1.29 is 22.7 Å². The van der Waals surface area contributed by atoms with Crippen molar-refractivity contribution in [3.63, 3.8) is 0 Å². The van der Waals surface area contributed by atoms with E-state index in [0.29, 0.717) is 6.07 Å². The molecule has 0 saturated carbocycles. The summed E-state index contributed by atoms with van der Waals surface area (Å²) < 4.78 is 40.9. The van der Waals surface area contributed by atoms with Crippen LogP contribution in [0.4, 0.5) is 13.2 Å². The normalized spacial score (nSPS) is 10.0. The Labute approximate surface area is 89.1 Å². The molecule has 0 saturated heterocycles. The SMILES string of the molecule is CC(=O)c1cc(F)cc(OC(F)F)c1C#N. The zero-order chi connectivity index (χ0) is 12.3. The molecule has 0 amide bonds. The van der Waals surface area contributed by atoms with E-state index in [9.17, 15) is 18.0 Å². The molecule has 1 rings (SSSR count). The summed E-state index contributed by atoms with van der Waals surface area (Å²) in [5.74, 6) is -2.15. The van der Waals surface area contributed by atoms with Crippen LogP contribution in [0.1, 0.15) is 22.8 Å². The molecule has 0 aliphatic rings. The molecule has 6 heteroatoms. The average Bonchev–Trinajstić information content (AvgIpc) is 2.15. The third-order valence-electron chi connectivity index (χ3n) is 1.77. The molecule has 0 atom stereocenters. The number of hydrogen-bond donors (Lipinski definition) is 0. The van der Waals surface area contributed by atoms with Crippen molar-refractivity contribution in [3.8, 4) is 11.8 Å². The summed E-state index contributed by atoms with van der Waals surface area (Å²) in [7, 11) is 0. The smallest absolute Gasteiger partial charge is 0.387 e. The number of Topliss-reactive ketones (excluding diaryl/α,β-unsaturated/α-hetero) is 1. The Morgan fingerprint density at radius 1 is 1.50 bits per heavy atom. The maximum atomic E-state index is 13.0. The monoisotopic (exact) mass is 229 g/mol. The third kappa shape index (κ3) is 2.51. The standard InChI is InChI=1S/C10H6F3NO2/c1-5(15)7-2-6(11)3-9(8(7)4-14)16-10(12)13/h2-3,10H,1H3. The van der Waals surface area contributed by atoms with Crippen LogP contribution in [0, 0.1) is 17.1 Å². The minimum absolute atomic E-state index is 0.279. The van der Waals surface area contributed by atoms with Crippen molar-refractivity contribution in [2.24, 2.45) is 0 Å². The second kappa shape index (κ2) is 4.66. The lowest BCUT2D eigenvalue weighted by Gasteiger charge is -2.08. The highest BCUT2D eigenvalue weighted by molar-refractivity contribution is 5.97. The molecule has 0 aliphatic carbocycles. The number of nitriles is 1. The van der Waals surface area contributed by atoms with Gasteiger partial charge in [0.05, 0.1) is 0 Å². The zero-order valence-corrected chi connectivity index (χ0v) is 8.13. The van der Waals surface area contributed by atoms with Gasteiger partial charge in [-0.25, -0.2) is 4.39 Å². The largest absolute Gasteiger partial charge is 0.433 e. The van der Waals surface area contributed by atoms with E-state index in [0.717, 1.165) is 13.0 Å². The molecule has 16 heavy (non-hydrogen) atoms. The predicted molar refractivity (Wildman–Crippen MR) is 47.8 cm³/mol. The number of alkyl halides is 2. The van der Waals surface area contributed by atoms with E-state index in [1.165, 1.54) is 6.07 Å². The number of ketones is 1. The van der Waals surface area contributed by atoms with E-state index in [4.69, 9.17) is 5.26 Å². The fourth-order valence-electron chi connectivity index (χ4n) is 1.16. The average molecular weight is 229 g/mol. The number of rotatable bonds is 3. The summed E-state index contributed by atoms with van der Waals surface area (Å²) in [6.07, 6.45) is 0. The Morgan fingerprint density at radius 2 is 2.12 bits per heavy atom. The molecule has 84 valence electrons. The Morgan fingerprint density at radius 3 is 2.56 bits per heavy atom. The Kier molecular flexibility index (Phi) is 3.51. The molecule has 0 bridgehead atoms. The first-order valence-corrected chi connectivity index (χ1v) is 4.15. The molecule has 0 N–H and O–H groups in total. The quantitative estimate of drug-likeness (QED) is 0.748. The van der Waals surface area contributed by atoms with Gasteiger partial charge >= 0.3 is 6.61 Å². The highest BCUT2D eigenvalue weighted by Gasteiger charge is 2.17. The first-order valence-electron chi connectivity index (χ1n) is 4.15. The highest BCUT2D eigenvalue weighted by atomic mass is 19.3. The first kappa shape index (κ1) is 12.0. The van der Waals surface area contributed by atoms with Crippen molar-refractivity contribution in [3.05, 3.63) is 29.1 Å². The van der Waals surface area contributed by atoms with Crippen molar-refractivity contribution in [1.82, 2.24) is 0 Å². The van der Waals surface area contributed by atoms with Gasteiger partial charge in [0.15, 0.2) is 5.78 Å². The molecule has 0 radical (unpaired) electrons. The van der Waals surface area contributed by atoms with Gasteiger partial charge in [0.2, 0.25) is 0 Å². The maximum absolute atomic E-state index is 13.0. The molecule has 1 aromatic rings. The topological polar surface area (TPSA) is 50.1 Å². The summed E-state index contributed by atoms with van der Waals surface area (Å²) in [6, 6.07) is 2.97. The van der Waals surface area contributed by atoms with Gasteiger partial charge in [-0.2, -0.15) is 14.0 Å². The van der Waals surface area contributed by atoms with Crippen LogP contribution in [-0.2, 0) is 0 Å². The number of carbonyl (C=O) groups is 1. The summed E-state index contributed by atoms with van der Waals surface area (Å²) in [5, 5.41) is 8.70. The molecule has 3 nitrogen and oxygen atoms in total. The summed E-state index contributed by atoms with van der Waals surface area (Å²) in [6.45, 7) is -2.09. The van der Waals surface area contributed by atoms with Crippen molar-refractivity contribution >= 4 is 5.78 Å². The lowest BCUT2D eigenvalue weighted by atomic mass is 10.0. The lowest BCUT2D eigenvalue weighted by Crippen LogP contribution is -2.07. The van der Waals surface area contributed by atoms with E-state index < -0.39 is 29.5 Å². The van der Waals surface area contributed by atoms with Gasteiger partial charge in [0.25, 0.3) is 0 Å². The van der Waals surface area contributed by atoms with Crippen molar-refractivity contribution in [2.45, 2.75) is 13.5 Å². The van der Waals surface area contributed by atoms with E-state index in [-0.39, 0.29) is 5.56 Å². The van der Waals surface area contributed by atoms with Crippen LogP contribution < -0.4 is 4.74 Å². The van der Waals surface area contributed by atoms with E-state index in [2.05, 4.69) is 4.74 Å². The van der Waals surface area contributed by atoms with Crippen molar-refractivity contribution in [2.75, 3.05) is 0 Å². The van der Waals surface area contributed by atoms with Gasteiger partial charge < -0.3 is 4.74 Å². The zero-order valence-electron chi connectivity index (χ0n) is 8.13. The van der Waals surface area contributed by atoms with Crippen LogP contribution in [0.3, 0.4) is 0 Å². The Bertz CT molecular complexity index is 466. The van der Waals surface area contributed by atoms with Gasteiger partial charge in [0.1, 0.15) is 23.2 Å². The van der Waals surface area contributed by atoms with Gasteiger partial charge in [-0.3, -0.25) is 4.79 Å². The summed E-state index contributed by atoms with van der Waals surface area (Å²) in [5.41, 5.74) is -0.674. The van der Waals surface area contributed by atoms with Gasteiger partial charge in [0, 0.05) is 11.6 Å². The number of nitrogens with zero attached hydrogens (tertiary/aromatic N) is 1. The number of ether oxygens (including phenoxy) is 1. The van der Waals surface area contributed by atoms with Crippen LogP contribution in [0.15, 0.2) is 12.1 Å². The van der Waals surface area contributed by atoms with E-state index >= 15 is 0 Å². The predicted octanol–water partition coefficient (Wildman–Crippen LogP) is 2.50. The fourth-order valence-corrected chi connectivity index (χ4v) is 1.16. The number of benzene rings is 1. The second-order valence-corrected chi connectivity index (χ2v) is 2.87. The summed E-state index contributed by atoms with van der Waals surface area (Å²) in [4.78, 5) is 11.1. The van der Waals surface area contributed by atoms with Crippen LogP contribution in [0.5, 0.6) is 5.75 Å². The number of carbonyl (C=O) groups excluding carboxylic acids is 1. The molecule has 0 aromatic heterocycles. The number of halogens is 3. The van der Waals surface area contributed by atoms with E-state index in [1.54, 1.807) is 0 Å². The molecular formula is C10H6F3NO2. The minimum atomic E-state index is -3.19. The maximum Gasteiger partial charge on any atom is 0.387 e. The number of hydrogen-bond acceptors (Lipinski definition) is 3. The molecule has 0 spiro atoms. The molecule has 1 aromatic carbocycles. The molecule has 0 aliphatic heterocycles. The van der Waals surface area contributed by atoms with Crippen LogP contribution in [0.25, 0.3) is 0 Å². The fraction of sp³-hybridized carbons (Fsp3) is 0.200. The molecule has 0 fully saturated rings. The molecular weight excluding hydrogens is 223 g/mol. The molecule has 0 unspecified atom stereocenters. The second-order valence-electron chi connectivity index (χ2n) is 2.87. The van der Waals surface area contributed by atoms with Crippen molar-refractivity contribution in [1.29, 1.82) is 5.26 Å². The van der Waals surface area contributed by atoms with E-state index in [1.807, 2.05) is 0 Å². The summed E-state index contributed by atoms with van der Waals surface area (Å²) >= 11 is 0. The van der Waals surface area contributed by atoms with Crippen LogP contribution in [0.2, 0.25) is 0 Å². The molecule has 0 heterocycles. The first-order chi connectivity index (χ1) is 7.45. The third-order valence-corrected chi connectivity index (χ3v) is 1.77. The Hall–Kier alpha value is -2.03.